The number of thiophene rings is 1. The van der Waals surface area contributed by atoms with Crippen LogP contribution in [-0.4, -0.2) is 26.5 Å². The Labute approximate surface area is 125 Å². The third-order valence-corrected chi connectivity index (χ3v) is 6.54. The van der Waals surface area contributed by atoms with Gasteiger partial charge < -0.3 is 0 Å². The number of halogens is 2. The minimum Gasteiger partial charge on any atom is -0.287 e. The summed E-state index contributed by atoms with van der Waals surface area (Å²) in [6, 6.07) is 1.42. The van der Waals surface area contributed by atoms with Gasteiger partial charge >= 0.3 is 0 Å². The predicted molar refractivity (Wildman–Crippen MR) is 77.4 cm³/mol. The summed E-state index contributed by atoms with van der Waals surface area (Å²) in [6.07, 6.45) is 0. The molecule has 104 valence electrons. The summed E-state index contributed by atoms with van der Waals surface area (Å²) in [5, 5.41) is 0.380. The van der Waals surface area contributed by atoms with E-state index >= 15 is 0 Å². The van der Waals surface area contributed by atoms with E-state index in [4.69, 9.17) is 16.4 Å². The average Bonchev–Trinajstić information content (AvgIpc) is 2.55. The van der Waals surface area contributed by atoms with Gasteiger partial charge in [0.25, 0.3) is 10.0 Å². The number of rotatable bonds is 4. The predicted octanol–water partition coefficient (Wildman–Crippen LogP) is 3.76. The van der Waals surface area contributed by atoms with E-state index in [1.165, 1.54) is 13.2 Å². The first kappa shape index (κ1) is 16.4. The quantitative estimate of drug-likeness (QED) is 0.752. The van der Waals surface area contributed by atoms with Gasteiger partial charge in [0.2, 0.25) is 0 Å². The smallest absolute Gasteiger partial charge is 0.274 e. The standard InChI is InChI=1S/C10H15BrClNO3S2/c1-10(2,3)6-13(16-4)18(14,15)8-5-7(12)9(11)17-8/h5H,6H2,1-4H3. The molecule has 0 spiro atoms. The summed E-state index contributed by atoms with van der Waals surface area (Å²) < 4.78 is 26.4. The number of sulfonamides is 1. The lowest BCUT2D eigenvalue weighted by molar-refractivity contribution is -0.0670. The van der Waals surface area contributed by atoms with E-state index in [1.807, 2.05) is 20.8 Å². The van der Waals surface area contributed by atoms with Crippen LogP contribution in [0.15, 0.2) is 14.1 Å². The van der Waals surface area contributed by atoms with Crippen molar-refractivity contribution in [1.82, 2.24) is 4.47 Å². The van der Waals surface area contributed by atoms with Crippen LogP contribution >= 0.6 is 38.9 Å². The van der Waals surface area contributed by atoms with E-state index in [9.17, 15) is 8.42 Å². The highest BCUT2D eigenvalue weighted by molar-refractivity contribution is 9.11. The number of nitrogens with zero attached hydrogens (tertiary/aromatic N) is 1. The van der Waals surface area contributed by atoms with Crippen molar-refractivity contribution >= 4 is 48.9 Å². The fourth-order valence-electron chi connectivity index (χ4n) is 1.19. The van der Waals surface area contributed by atoms with Crippen molar-refractivity contribution in [3.63, 3.8) is 0 Å². The average molecular weight is 377 g/mol. The van der Waals surface area contributed by atoms with Gasteiger partial charge in [0.1, 0.15) is 4.21 Å². The lowest BCUT2D eigenvalue weighted by Crippen LogP contribution is -2.36. The molecule has 0 fully saturated rings. The molecular weight excluding hydrogens is 362 g/mol. The van der Waals surface area contributed by atoms with Crippen molar-refractivity contribution in [1.29, 1.82) is 0 Å². The lowest BCUT2D eigenvalue weighted by Gasteiger charge is -2.26. The topological polar surface area (TPSA) is 46.6 Å². The summed E-state index contributed by atoms with van der Waals surface area (Å²) >= 11 is 10.1. The molecule has 0 aromatic carbocycles. The molecule has 0 aliphatic carbocycles. The monoisotopic (exact) mass is 375 g/mol. The first-order chi connectivity index (χ1) is 8.08. The molecule has 0 aliphatic rings. The molecular formula is C10H15BrClNO3S2. The maximum Gasteiger partial charge on any atom is 0.274 e. The molecule has 18 heavy (non-hydrogen) atoms. The van der Waals surface area contributed by atoms with Gasteiger partial charge in [0.15, 0.2) is 0 Å². The molecule has 1 heterocycles. The second-order valence-corrected chi connectivity index (χ2v) is 9.73. The third kappa shape index (κ3) is 3.91. The zero-order chi connectivity index (χ0) is 14.1. The minimum absolute atomic E-state index is 0.158. The summed E-state index contributed by atoms with van der Waals surface area (Å²) in [7, 11) is -2.33. The molecule has 0 saturated carbocycles. The van der Waals surface area contributed by atoms with Crippen molar-refractivity contribution < 1.29 is 13.3 Å². The molecule has 0 saturated heterocycles. The van der Waals surface area contributed by atoms with Crippen LogP contribution in [0.25, 0.3) is 0 Å². The van der Waals surface area contributed by atoms with Gasteiger partial charge in [-0.05, 0) is 27.4 Å². The fraction of sp³-hybridized carbons (Fsp3) is 0.600. The van der Waals surface area contributed by atoms with Gasteiger partial charge in [-0.1, -0.05) is 36.8 Å². The van der Waals surface area contributed by atoms with Gasteiger partial charge in [-0.25, -0.2) is 8.42 Å². The normalized spacial score (nSPS) is 13.3. The SMILES string of the molecule is CON(CC(C)(C)C)S(=O)(=O)c1cc(Cl)c(Br)s1. The summed E-state index contributed by atoms with van der Waals surface area (Å²) in [5.74, 6) is 0. The molecule has 0 aliphatic heterocycles. The van der Waals surface area contributed by atoms with Gasteiger partial charge in [0, 0.05) is 6.54 Å². The van der Waals surface area contributed by atoms with E-state index in [0.717, 1.165) is 15.8 Å². The van der Waals surface area contributed by atoms with E-state index in [-0.39, 0.29) is 16.2 Å². The Bertz CT molecular complexity index is 502. The molecule has 0 N–H and O–H groups in total. The number of hydrogen-bond acceptors (Lipinski definition) is 4. The second-order valence-electron chi connectivity index (χ2n) is 4.90. The highest BCUT2D eigenvalue weighted by Gasteiger charge is 2.31. The molecule has 0 atom stereocenters. The Kier molecular flexibility index (Phi) is 5.25. The first-order valence-electron chi connectivity index (χ1n) is 5.09. The van der Waals surface area contributed by atoms with Crippen molar-refractivity contribution in [2.24, 2.45) is 5.41 Å². The first-order valence-corrected chi connectivity index (χ1v) is 8.52. The Hall–Kier alpha value is 0.340. The minimum atomic E-state index is -3.67. The Morgan fingerprint density at radius 2 is 2.06 bits per heavy atom. The Balaban J connectivity index is 3.11. The molecule has 4 nitrogen and oxygen atoms in total. The Morgan fingerprint density at radius 3 is 2.39 bits per heavy atom. The molecule has 1 rings (SSSR count). The molecule has 0 bridgehead atoms. The van der Waals surface area contributed by atoms with E-state index < -0.39 is 10.0 Å². The summed E-state index contributed by atoms with van der Waals surface area (Å²) in [6.45, 7) is 6.07. The van der Waals surface area contributed by atoms with Gasteiger partial charge in [0.05, 0.1) is 15.9 Å². The number of hydroxylamine groups is 1. The second kappa shape index (κ2) is 5.76. The van der Waals surface area contributed by atoms with Crippen molar-refractivity contribution in [2.75, 3.05) is 13.7 Å². The maximum absolute atomic E-state index is 12.3. The van der Waals surface area contributed by atoms with Crippen LogP contribution < -0.4 is 0 Å². The van der Waals surface area contributed by atoms with Crippen LogP contribution in [0.1, 0.15) is 20.8 Å². The van der Waals surface area contributed by atoms with Crippen LogP contribution in [0.4, 0.5) is 0 Å². The third-order valence-electron chi connectivity index (χ3n) is 1.95. The van der Waals surface area contributed by atoms with Gasteiger partial charge in [-0.15, -0.1) is 11.3 Å². The molecule has 1 aromatic heterocycles. The van der Waals surface area contributed by atoms with Crippen LogP contribution in [0.5, 0.6) is 0 Å². The summed E-state index contributed by atoms with van der Waals surface area (Å²) in [4.78, 5) is 4.99. The van der Waals surface area contributed by atoms with Crippen molar-refractivity contribution in [3.8, 4) is 0 Å². The van der Waals surface area contributed by atoms with Crippen molar-refractivity contribution in [3.05, 3.63) is 14.9 Å². The van der Waals surface area contributed by atoms with Crippen LogP contribution in [0.3, 0.4) is 0 Å². The van der Waals surface area contributed by atoms with Gasteiger partial charge in [-0.3, -0.25) is 4.84 Å². The van der Waals surface area contributed by atoms with E-state index in [2.05, 4.69) is 15.9 Å². The van der Waals surface area contributed by atoms with Crippen LogP contribution in [0, 0.1) is 5.41 Å². The fourth-order valence-corrected chi connectivity index (χ4v) is 5.15. The van der Waals surface area contributed by atoms with Crippen LogP contribution in [-0.2, 0) is 14.9 Å². The highest BCUT2D eigenvalue weighted by atomic mass is 79.9. The highest BCUT2D eigenvalue weighted by Crippen LogP contribution is 2.36. The Morgan fingerprint density at radius 1 is 1.50 bits per heavy atom. The largest absolute Gasteiger partial charge is 0.287 e. The molecule has 8 heteroatoms. The molecule has 0 amide bonds. The van der Waals surface area contributed by atoms with Crippen LogP contribution in [0.2, 0.25) is 5.02 Å². The molecule has 0 radical (unpaired) electrons. The maximum atomic E-state index is 12.3. The van der Waals surface area contributed by atoms with E-state index in [1.54, 1.807) is 0 Å². The van der Waals surface area contributed by atoms with E-state index in [0.29, 0.717) is 8.81 Å². The molecule has 0 unspecified atom stereocenters. The van der Waals surface area contributed by atoms with Crippen molar-refractivity contribution in [2.45, 2.75) is 25.0 Å². The summed E-state index contributed by atoms with van der Waals surface area (Å²) in [5.41, 5.74) is -0.207. The molecule has 1 aromatic rings. The zero-order valence-corrected chi connectivity index (χ0v) is 14.5. The number of hydrogen-bond donors (Lipinski definition) is 0. The lowest BCUT2D eigenvalue weighted by atomic mass is 9.98. The van der Waals surface area contributed by atoms with Gasteiger partial charge in [-0.2, -0.15) is 0 Å². The zero-order valence-electron chi connectivity index (χ0n) is 10.5.